The van der Waals surface area contributed by atoms with Gasteiger partial charge in [0.15, 0.2) is 6.61 Å². The zero-order valence-corrected chi connectivity index (χ0v) is 14.2. The Hall–Kier alpha value is -2.07. The quantitative estimate of drug-likeness (QED) is 0.504. The monoisotopic (exact) mass is 368 g/mol. The van der Waals surface area contributed by atoms with Crippen molar-refractivity contribution in [2.45, 2.75) is 6.92 Å². The lowest BCUT2D eigenvalue weighted by atomic mass is 10.1. The summed E-state index contributed by atoms with van der Waals surface area (Å²) in [4.78, 5) is 24.0. The van der Waals surface area contributed by atoms with Crippen molar-refractivity contribution in [2.24, 2.45) is 5.73 Å². The van der Waals surface area contributed by atoms with Crippen LogP contribution in [0.5, 0.6) is 0 Å². The Bertz CT molecular complexity index is 877. The summed E-state index contributed by atoms with van der Waals surface area (Å²) in [6.45, 7) is 0.840. The number of carbonyl (C=O) groups excluding carboxylic acids is 2. The van der Waals surface area contributed by atoms with Crippen LogP contribution in [-0.2, 0) is 9.53 Å². The van der Waals surface area contributed by atoms with E-state index in [9.17, 15) is 9.59 Å². The fraction of sp³-hybridized carbons (Fsp3) is 0.133. The first-order valence-corrected chi connectivity index (χ1v) is 7.86. The molecule has 0 fully saturated rings. The summed E-state index contributed by atoms with van der Waals surface area (Å²) in [6.07, 6.45) is 0. The van der Waals surface area contributed by atoms with E-state index >= 15 is 0 Å². The number of rotatable bonds is 4. The van der Waals surface area contributed by atoms with E-state index in [4.69, 9.17) is 38.9 Å². The Balaban J connectivity index is 2.19. The van der Waals surface area contributed by atoms with Crippen molar-refractivity contribution in [1.82, 2.24) is 0 Å². The Morgan fingerprint density at radius 1 is 1.39 bits per heavy atom. The molecule has 0 saturated heterocycles. The third kappa shape index (κ3) is 3.64. The summed E-state index contributed by atoms with van der Waals surface area (Å²) in [7, 11) is 0. The number of hydrogen-bond donors (Lipinski definition) is 1. The van der Waals surface area contributed by atoms with Gasteiger partial charge in [0.25, 0.3) is 0 Å². The highest BCUT2D eigenvalue weighted by molar-refractivity contribution is 7.21. The van der Waals surface area contributed by atoms with E-state index in [1.807, 2.05) is 0 Å². The number of ether oxygens (including phenoxy) is 1. The normalized spacial score (nSPS) is 11.7. The molecule has 1 heterocycles. The van der Waals surface area contributed by atoms with Gasteiger partial charge < -0.3 is 10.5 Å². The maximum Gasteiger partial charge on any atom is 0.350 e. The minimum atomic E-state index is -0.743. The van der Waals surface area contributed by atoms with Gasteiger partial charge in [-0.2, -0.15) is 5.26 Å². The van der Waals surface area contributed by atoms with Crippen LogP contribution in [0.2, 0.25) is 10.0 Å². The van der Waals surface area contributed by atoms with E-state index in [1.165, 1.54) is 6.92 Å². The molecule has 0 spiro atoms. The molecule has 0 bridgehead atoms. The fourth-order valence-corrected chi connectivity index (χ4v) is 3.49. The molecule has 0 saturated carbocycles. The van der Waals surface area contributed by atoms with Crippen molar-refractivity contribution in [2.75, 3.05) is 6.61 Å². The number of carbonyl (C=O) groups is 2. The van der Waals surface area contributed by atoms with Crippen LogP contribution in [0.15, 0.2) is 29.5 Å². The predicted molar refractivity (Wildman–Crippen MR) is 89.6 cm³/mol. The number of thiophene rings is 1. The highest BCUT2D eigenvalue weighted by Gasteiger charge is 2.21. The van der Waals surface area contributed by atoms with Crippen LogP contribution in [0.1, 0.15) is 16.6 Å². The SMILES string of the molecule is C/C(N)=C(/C#N)C(=O)COC(=O)c1sc2cc(Cl)ccc2c1Cl. The molecule has 2 rings (SSSR count). The second kappa shape index (κ2) is 7.01. The van der Waals surface area contributed by atoms with E-state index < -0.39 is 18.4 Å². The van der Waals surface area contributed by atoms with Crippen molar-refractivity contribution in [3.8, 4) is 6.07 Å². The zero-order valence-electron chi connectivity index (χ0n) is 11.9. The van der Waals surface area contributed by atoms with Crippen molar-refractivity contribution >= 4 is 56.4 Å². The predicted octanol–water partition coefficient (Wildman–Crippen LogP) is 3.69. The van der Waals surface area contributed by atoms with Gasteiger partial charge in [-0.3, -0.25) is 4.79 Å². The van der Waals surface area contributed by atoms with Crippen LogP contribution < -0.4 is 5.73 Å². The maximum atomic E-state index is 12.1. The molecule has 8 heteroatoms. The summed E-state index contributed by atoms with van der Waals surface area (Å²) in [5.41, 5.74) is 5.26. The molecule has 0 unspecified atom stereocenters. The summed E-state index contributed by atoms with van der Waals surface area (Å²) in [6, 6.07) is 6.73. The Labute approximate surface area is 145 Å². The first kappa shape index (κ1) is 17.3. The molecule has 5 nitrogen and oxygen atoms in total. The molecule has 1 aromatic carbocycles. The van der Waals surface area contributed by atoms with Crippen LogP contribution in [-0.4, -0.2) is 18.4 Å². The van der Waals surface area contributed by atoms with Crippen LogP contribution in [0.4, 0.5) is 0 Å². The third-order valence-electron chi connectivity index (χ3n) is 2.90. The molecule has 0 aliphatic heterocycles. The van der Waals surface area contributed by atoms with Crippen molar-refractivity contribution in [3.63, 3.8) is 0 Å². The number of fused-ring (bicyclic) bond motifs is 1. The van der Waals surface area contributed by atoms with Gasteiger partial charge in [-0.25, -0.2) is 4.79 Å². The lowest BCUT2D eigenvalue weighted by molar-refractivity contribution is -0.118. The van der Waals surface area contributed by atoms with E-state index in [0.717, 1.165) is 16.0 Å². The Morgan fingerprint density at radius 3 is 2.70 bits per heavy atom. The molecule has 0 amide bonds. The molecule has 0 radical (unpaired) electrons. The highest BCUT2D eigenvalue weighted by Crippen LogP contribution is 2.37. The van der Waals surface area contributed by atoms with Crippen LogP contribution in [0.25, 0.3) is 10.1 Å². The van der Waals surface area contributed by atoms with Gasteiger partial charge in [-0.1, -0.05) is 29.3 Å². The van der Waals surface area contributed by atoms with Gasteiger partial charge in [-0.15, -0.1) is 11.3 Å². The van der Waals surface area contributed by atoms with Crippen molar-refractivity contribution in [1.29, 1.82) is 5.26 Å². The van der Waals surface area contributed by atoms with Gasteiger partial charge in [0, 0.05) is 20.8 Å². The number of Topliss-reactive ketones (excluding diaryl/α,β-unsaturated/α-hetero) is 1. The van der Waals surface area contributed by atoms with Crippen LogP contribution >= 0.6 is 34.5 Å². The number of nitrogens with zero attached hydrogens (tertiary/aromatic N) is 1. The lowest BCUT2D eigenvalue weighted by Crippen LogP contribution is -2.17. The first-order chi connectivity index (χ1) is 10.8. The Kier molecular flexibility index (Phi) is 5.26. The van der Waals surface area contributed by atoms with Crippen molar-refractivity contribution in [3.05, 3.63) is 44.4 Å². The van der Waals surface area contributed by atoms with E-state index in [0.29, 0.717) is 10.4 Å². The second-order valence-electron chi connectivity index (χ2n) is 4.55. The average Bonchev–Trinajstić information content (AvgIpc) is 2.81. The fourth-order valence-electron chi connectivity index (χ4n) is 1.81. The van der Waals surface area contributed by atoms with Gasteiger partial charge in [0.05, 0.1) is 5.02 Å². The number of allylic oxidation sites excluding steroid dienone is 1. The van der Waals surface area contributed by atoms with Gasteiger partial charge in [0.1, 0.15) is 16.5 Å². The van der Waals surface area contributed by atoms with E-state index in [1.54, 1.807) is 24.3 Å². The zero-order chi connectivity index (χ0) is 17.1. The molecular weight excluding hydrogens is 359 g/mol. The summed E-state index contributed by atoms with van der Waals surface area (Å²) >= 11 is 13.2. The number of esters is 1. The van der Waals surface area contributed by atoms with E-state index in [2.05, 4.69) is 0 Å². The smallest absolute Gasteiger partial charge is 0.350 e. The molecule has 0 atom stereocenters. The first-order valence-electron chi connectivity index (χ1n) is 6.29. The molecule has 0 aliphatic carbocycles. The largest absolute Gasteiger partial charge is 0.453 e. The van der Waals surface area contributed by atoms with Crippen molar-refractivity contribution < 1.29 is 14.3 Å². The summed E-state index contributed by atoms with van der Waals surface area (Å²) < 4.78 is 5.66. The lowest BCUT2D eigenvalue weighted by Gasteiger charge is -2.03. The minimum Gasteiger partial charge on any atom is -0.453 e. The Morgan fingerprint density at radius 2 is 2.09 bits per heavy atom. The van der Waals surface area contributed by atoms with Gasteiger partial charge >= 0.3 is 5.97 Å². The molecule has 1 aromatic heterocycles. The number of ketones is 1. The maximum absolute atomic E-state index is 12.1. The molecule has 0 aliphatic rings. The molecule has 2 N–H and O–H groups in total. The number of nitriles is 1. The van der Waals surface area contributed by atoms with Crippen LogP contribution in [0, 0.1) is 11.3 Å². The molecule has 23 heavy (non-hydrogen) atoms. The number of halogens is 2. The standard InChI is InChI=1S/C15H10Cl2N2O3S/c1-7(19)10(5-18)11(20)6-22-15(21)14-13(17)9-3-2-8(16)4-12(9)23-14/h2-4H,6,19H2,1H3/b10-7+. The van der Waals surface area contributed by atoms with Gasteiger partial charge in [-0.05, 0) is 19.1 Å². The number of nitrogens with two attached hydrogens (primary N) is 1. The second-order valence-corrected chi connectivity index (χ2v) is 6.42. The topological polar surface area (TPSA) is 93.2 Å². The minimum absolute atomic E-state index is 0.0723. The van der Waals surface area contributed by atoms with E-state index in [-0.39, 0.29) is 21.2 Å². The molecular formula is C15H10Cl2N2O3S. The average molecular weight is 369 g/mol. The number of benzene rings is 1. The van der Waals surface area contributed by atoms with Crippen LogP contribution in [0.3, 0.4) is 0 Å². The third-order valence-corrected chi connectivity index (χ3v) is 4.77. The number of hydrogen-bond acceptors (Lipinski definition) is 6. The summed E-state index contributed by atoms with van der Waals surface area (Å²) in [5, 5.41) is 10.3. The molecule has 2 aromatic rings. The summed E-state index contributed by atoms with van der Waals surface area (Å²) in [5.74, 6) is -1.41. The highest BCUT2D eigenvalue weighted by atomic mass is 35.5. The van der Waals surface area contributed by atoms with Gasteiger partial charge in [0.2, 0.25) is 5.78 Å². The molecule has 118 valence electrons.